The van der Waals surface area contributed by atoms with Crippen LogP contribution in [-0.4, -0.2) is 99.3 Å². The van der Waals surface area contributed by atoms with Crippen molar-refractivity contribution in [3.8, 4) is 201 Å². The van der Waals surface area contributed by atoms with E-state index in [9.17, 15) is 9.59 Å². The fraction of sp³-hybridized carbons (Fsp3) is 0.360. The first-order valence-corrected chi connectivity index (χ1v) is 27.3. The molecule has 6 fully saturated rings. The minimum absolute atomic E-state index is 0. The van der Waals surface area contributed by atoms with Crippen LogP contribution >= 0.6 is 12.4 Å². The lowest BCUT2D eigenvalue weighted by Crippen LogP contribution is -2.37. The number of ether oxygens (including phenoxy) is 2. The van der Waals surface area contributed by atoms with Gasteiger partial charge >= 0.3 is 12.1 Å². The second-order valence-electron chi connectivity index (χ2n) is 20.4. The zero-order chi connectivity index (χ0) is 60.0. The van der Waals surface area contributed by atoms with Crippen LogP contribution in [0.25, 0.3) is 0 Å². The van der Waals surface area contributed by atoms with Gasteiger partial charge in [-0.15, -0.1) is 12.4 Å². The topological polar surface area (TPSA) is 100 Å². The first-order chi connectivity index (χ1) is 41.0. The van der Waals surface area contributed by atoms with Gasteiger partial charge in [-0.25, -0.2) is 4.79 Å². The van der Waals surface area contributed by atoms with Crippen molar-refractivity contribution >= 4 is 24.5 Å². The Hall–Kier alpha value is -10.2. The monoisotopic (exact) mass is 1130 g/mol. The summed E-state index contributed by atoms with van der Waals surface area (Å²) in [4.78, 5) is 30.7. The van der Waals surface area contributed by atoms with E-state index in [1.165, 1.54) is 51.6 Å². The van der Waals surface area contributed by atoms with Gasteiger partial charge in [0.25, 0.3) is 0 Å². The van der Waals surface area contributed by atoms with Gasteiger partial charge in [0, 0.05) is 144 Å². The van der Waals surface area contributed by atoms with Crippen LogP contribution in [0.15, 0.2) is 60.7 Å². The normalized spacial score (nSPS) is 17.4. The maximum atomic E-state index is 12.2. The summed E-state index contributed by atoms with van der Waals surface area (Å²) in [7, 11) is 8.59. The molecule has 2 aromatic rings. The molecule has 4 atom stereocenters. The molecule has 0 radical (unpaired) electrons. The van der Waals surface area contributed by atoms with Crippen LogP contribution in [0.2, 0.25) is 0 Å². The smallest absolute Gasteiger partial charge is 0.410 e. The molecule has 0 bridgehead atoms. The molecule has 85 heavy (non-hydrogen) atoms. The zero-order valence-corrected chi connectivity index (χ0v) is 49.8. The number of esters is 1. The molecule has 6 aliphatic rings. The van der Waals surface area contributed by atoms with Crippen molar-refractivity contribution in [2.45, 2.75) is 96.6 Å². The minimum Gasteiger partial charge on any atom is -0.461 e. The lowest BCUT2D eigenvalue weighted by molar-refractivity contribution is -0.149. The van der Waals surface area contributed by atoms with Crippen molar-refractivity contribution < 1.29 is 19.1 Å². The van der Waals surface area contributed by atoms with Crippen LogP contribution in [0, 0.1) is 223 Å². The third-order valence-electron chi connectivity index (χ3n) is 14.2. The van der Waals surface area contributed by atoms with Gasteiger partial charge in [0.2, 0.25) is 0 Å². The molecular formula is C75H64ClN5O4. The highest BCUT2D eigenvalue weighted by atomic mass is 35.5. The molecule has 420 valence electrons. The highest BCUT2D eigenvalue weighted by Crippen LogP contribution is 2.59. The van der Waals surface area contributed by atoms with Crippen LogP contribution in [0.1, 0.15) is 76.3 Å². The second kappa shape index (κ2) is 37.8. The van der Waals surface area contributed by atoms with E-state index < -0.39 is 0 Å². The number of nitrogens with one attached hydrogen (secondary N) is 1. The number of nitrogens with two attached hydrogens (primary N) is 1. The molecule has 4 aliphatic carbocycles. The molecule has 8 rings (SSSR count). The van der Waals surface area contributed by atoms with Crippen molar-refractivity contribution in [2.24, 2.45) is 27.9 Å². The summed E-state index contributed by atoms with van der Waals surface area (Å²) in [6, 6.07) is 21.1. The van der Waals surface area contributed by atoms with Crippen molar-refractivity contribution in [3.05, 3.63) is 71.8 Å². The van der Waals surface area contributed by atoms with E-state index in [4.69, 9.17) is 15.2 Å². The third kappa shape index (κ3) is 25.2. The van der Waals surface area contributed by atoms with E-state index >= 15 is 0 Å². The number of benzene rings is 2. The first-order valence-electron chi connectivity index (χ1n) is 27.3. The van der Waals surface area contributed by atoms with E-state index in [-0.39, 0.29) is 41.8 Å². The second-order valence-corrected chi connectivity index (χ2v) is 20.4. The summed E-state index contributed by atoms with van der Waals surface area (Å²) in [6.07, 6.45) is 9.30. The van der Waals surface area contributed by atoms with Gasteiger partial charge in [-0.3, -0.25) is 4.79 Å². The van der Waals surface area contributed by atoms with E-state index in [0.717, 1.165) is 43.1 Å². The Morgan fingerprint density at radius 2 is 0.847 bits per heavy atom. The number of likely N-dealkylation sites (N-methyl/N-ethyl adjacent to an activating group) is 2. The number of likely N-dealkylation sites (tertiary alicyclic amines) is 1. The molecule has 2 saturated heterocycles. The highest BCUT2D eigenvalue weighted by molar-refractivity contribution is 5.85. The molecule has 1 amide bonds. The molecular weight excluding hydrogens is 1070 g/mol. The number of nitrogens with zero attached hydrogens (tertiary/aromatic N) is 3. The molecule has 2 heterocycles. The maximum Gasteiger partial charge on any atom is 0.410 e. The van der Waals surface area contributed by atoms with Gasteiger partial charge in [0.15, 0.2) is 0 Å². The first kappa shape index (κ1) is 67.3. The Balaban J connectivity index is 0.000000264. The molecule has 4 unspecified atom stereocenters. The van der Waals surface area contributed by atoms with Crippen LogP contribution < -0.4 is 11.1 Å². The molecule has 4 saturated carbocycles. The summed E-state index contributed by atoms with van der Waals surface area (Å²) in [5.74, 6) is 85.6. The summed E-state index contributed by atoms with van der Waals surface area (Å²) in [5.41, 5.74) is 9.50. The van der Waals surface area contributed by atoms with Gasteiger partial charge in [0.1, 0.15) is 13.2 Å². The van der Waals surface area contributed by atoms with Crippen molar-refractivity contribution in [1.29, 1.82) is 0 Å². The average Bonchev–Trinajstić information content (AvgIpc) is 2.61. The van der Waals surface area contributed by atoms with E-state index in [1.54, 1.807) is 13.8 Å². The Labute approximate surface area is 512 Å². The average molecular weight is 1130 g/mol. The van der Waals surface area contributed by atoms with Gasteiger partial charge in [-0.2, -0.15) is 0 Å². The zero-order valence-electron chi connectivity index (χ0n) is 48.9. The van der Waals surface area contributed by atoms with Gasteiger partial charge in [-0.05, 0) is 210 Å². The highest BCUT2D eigenvalue weighted by Gasteiger charge is 2.57. The molecule has 3 spiro atoms. The Morgan fingerprint density at radius 1 is 0.506 bits per heavy atom. The van der Waals surface area contributed by atoms with Gasteiger partial charge in [-0.1, -0.05) is 72.5 Å². The van der Waals surface area contributed by atoms with Crippen molar-refractivity contribution in [3.63, 3.8) is 0 Å². The number of hydrogen-bond acceptors (Lipinski definition) is 8. The van der Waals surface area contributed by atoms with Crippen LogP contribution in [0.4, 0.5) is 4.79 Å². The van der Waals surface area contributed by atoms with Gasteiger partial charge < -0.3 is 35.2 Å². The Kier molecular flexibility index (Phi) is 29.9. The predicted octanol–water partition coefficient (Wildman–Crippen LogP) is 6.40. The fourth-order valence-electron chi connectivity index (χ4n) is 9.56. The predicted molar refractivity (Wildman–Crippen MR) is 339 cm³/mol. The number of hydrogen-bond donors (Lipinski definition) is 2. The summed E-state index contributed by atoms with van der Waals surface area (Å²) >= 11 is 0. The third-order valence-corrected chi connectivity index (χ3v) is 14.2. The standard InChI is InChI=1S/C36H6.C16H22N2O2.C15H19NO2.C8H16N2.ClH/c1-3-5-7-9-11-13-15-17-19-21-23-25-27-29-31-33-35-36-34-32-30-28-26-24-22-20-18-16-14-12-10-8-6-4-2;1-17(2)14-10-18(12-16(14)8-9-16)15(19)20-11-13-6-4-3-5-7-13;16-13-8-12(9-15(13)6-7-15)14(17)18-10-11-4-2-1-3-5-11;1-10(2)7-5-9-6-8(7)3-4-8;/h1-2H3;3-7,14H,8-12H2,1-2H3;1-5,12-13H,6-10,16H2;7,9H,3-6H2,1-2H3;1H. The molecule has 3 N–H and O–H groups in total. The SMILES string of the molecule is CC#CC#CC#CC#CC#CC#CC#CC#CC#CC#CC#CC#CC#CC#CC#CC#CC#CC.CN(C)C1CN(C(=O)OCc2ccccc2)CC12CC2.CN(C)C1CNCC12CC2.Cl.NC1CC(C(=O)OCc2ccccc2)CC12CC2. The molecule has 2 aromatic carbocycles. The molecule has 2 aliphatic heterocycles. The lowest BCUT2D eigenvalue weighted by atomic mass is 10.0. The van der Waals surface area contributed by atoms with Gasteiger partial charge in [0.05, 0.1) is 5.92 Å². The van der Waals surface area contributed by atoms with Crippen molar-refractivity contribution in [1.82, 2.24) is 20.0 Å². The number of carbonyl (C=O) groups is 2. The summed E-state index contributed by atoms with van der Waals surface area (Å²) in [5, 5.41) is 3.46. The molecule has 0 aromatic heterocycles. The number of carbonyl (C=O) groups excluding carboxylic acids is 2. The maximum absolute atomic E-state index is 12.2. The number of rotatable bonds is 7. The number of halogens is 1. The minimum atomic E-state index is -0.176. The van der Waals surface area contributed by atoms with Crippen LogP contribution in [0.5, 0.6) is 0 Å². The molecule has 10 heteroatoms. The summed E-state index contributed by atoms with van der Waals surface area (Å²) < 4.78 is 10.8. The summed E-state index contributed by atoms with van der Waals surface area (Å²) in [6.45, 7) is 8.22. The van der Waals surface area contributed by atoms with E-state index in [1.807, 2.05) is 65.6 Å². The molecule has 9 nitrogen and oxygen atoms in total. The van der Waals surface area contributed by atoms with E-state index in [0.29, 0.717) is 30.1 Å². The van der Waals surface area contributed by atoms with Crippen LogP contribution in [0.3, 0.4) is 0 Å². The Morgan fingerprint density at radius 3 is 1.14 bits per heavy atom. The lowest BCUT2D eigenvalue weighted by Gasteiger charge is -2.24. The number of amides is 1. The largest absolute Gasteiger partial charge is 0.461 e. The Bertz CT molecular complexity index is 3720. The van der Waals surface area contributed by atoms with Crippen LogP contribution in [-0.2, 0) is 27.5 Å². The fourth-order valence-corrected chi connectivity index (χ4v) is 9.56. The van der Waals surface area contributed by atoms with E-state index in [2.05, 4.69) is 245 Å². The quantitative estimate of drug-likeness (QED) is 0.243. The van der Waals surface area contributed by atoms with Crippen molar-refractivity contribution in [2.75, 3.05) is 54.4 Å².